The molecule has 0 fully saturated rings. The van der Waals surface area contributed by atoms with Crippen molar-refractivity contribution in [2.24, 2.45) is 5.10 Å². The maximum Gasteiger partial charge on any atom is 0.250 e. The number of hydrogen-bond acceptors (Lipinski definition) is 6. The normalized spacial score (nSPS) is 11.6. The van der Waals surface area contributed by atoms with Gasteiger partial charge in [0.25, 0.3) is 5.91 Å². The molecule has 0 atom stereocenters. The minimum atomic E-state index is -0.230. The third-order valence-corrected chi connectivity index (χ3v) is 5.98. The molecule has 0 aliphatic carbocycles. The summed E-state index contributed by atoms with van der Waals surface area (Å²) in [5, 5.41) is 13.5. The van der Waals surface area contributed by atoms with Crippen LogP contribution in [0.1, 0.15) is 19.4 Å². The highest BCUT2D eigenvalue weighted by molar-refractivity contribution is 7.99. The van der Waals surface area contributed by atoms with E-state index < -0.39 is 0 Å². The van der Waals surface area contributed by atoms with Crippen molar-refractivity contribution in [2.45, 2.75) is 19.0 Å². The number of ether oxygens (including phenoxy) is 1. The zero-order valence-corrected chi connectivity index (χ0v) is 21.0. The summed E-state index contributed by atoms with van der Waals surface area (Å²) in [5.74, 6) is 1.40. The fourth-order valence-corrected chi connectivity index (χ4v) is 4.19. The smallest absolute Gasteiger partial charge is 0.250 e. The lowest BCUT2D eigenvalue weighted by molar-refractivity contribution is -0.118. The molecule has 0 saturated heterocycles. The van der Waals surface area contributed by atoms with Crippen LogP contribution in [0.15, 0.2) is 101 Å². The quantitative estimate of drug-likeness (QED) is 0.174. The van der Waals surface area contributed by atoms with Crippen molar-refractivity contribution in [1.82, 2.24) is 20.2 Å². The average molecular weight is 498 g/mol. The van der Waals surface area contributed by atoms with Gasteiger partial charge in [-0.25, -0.2) is 5.43 Å². The molecular weight excluding hydrogens is 470 g/mol. The molecular formula is C28H27N5O2S. The summed E-state index contributed by atoms with van der Waals surface area (Å²) in [6, 6.07) is 27.5. The van der Waals surface area contributed by atoms with Gasteiger partial charge in [0.2, 0.25) is 0 Å². The Labute approximate surface area is 214 Å². The maximum atomic E-state index is 12.5. The molecule has 7 nitrogen and oxygen atoms in total. The van der Waals surface area contributed by atoms with Gasteiger partial charge in [0.05, 0.1) is 18.6 Å². The number of hydrazone groups is 1. The second kappa shape index (κ2) is 12.5. The number of carbonyl (C=O) groups excluding carboxylic acids is 1. The van der Waals surface area contributed by atoms with Crippen LogP contribution in [0.4, 0.5) is 0 Å². The number of benzene rings is 3. The van der Waals surface area contributed by atoms with Crippen molar-refractivity contribution < 1.29 is 9.53 Å². The lowest BCUT2D eigenvalue weighted by Crippen LogP contribution is -2.20. The monoisotopic (exact) mass is 497 g/mol. The van der Waals surface area contributed by atoms with Crippen LogP contribution < -0.4 is 10.2 Å². The van der Waals surface area contributed by atoms with E-state index in [2.05, 4.69) is 20.7 Å². The summed E-state index contributed by atoms with van der Waals surface area (Å²) in [7, 11) is 0. The number of thioether (sulfide) groups is 1. The molecule has 1 amide bonds. The van der Waals surface area contributed by atoms with E-state index in [0.717, 1.165) is 28.1 Å². The lowest BCUT2D eigenvalue weighted by Gasteiger charge is -2.11. The van der Waals surface area contributed by atoms with Gasteiger partial charge < -0.3 is 4.74 Å². The highest BCUT2D eigenvalue weighted by Crippen LogP contribution is 2.28. The van der Waals surface area contributed by atoms with Gasteiger partial charge in [0.15, 0.2) is 11.0 Å². The molecule has 3 aromatic carbocycles. The molecule has 0 unspecified atom stereocenters. The van der Waals surface area contributed by atoms with Crippen molar-refractivity contribution in [3.63, 3.8) is 0 Å². The van der Waals surface area contributed by atoms with Gasteiger partial charge in [-0.1, -0.05) is 78.5 Å². The number of allylic oxidation sites excluding steroid dienone is 1. The summed E-state index contributed by atoms with van der Waals surface area (Å²) in [6.07, 6.45) is 3.63. The Morgan fingerprint density at radius 3 is 2.39 bits per heavy atom. The summed E-state index contributed by atoms with van der Waals surface area (Å²) in [5.41, 5.74) is 6.40. The van der Waals surface area contributed by atoms with Crippen LogP contribution in [0.3, 0.4) is 0 Å². The van der Waals surface area contributed by atoms with Gasteiger partial charge >= 0.3 is 0 Å². The molecule has 0 bridgehead atoms. The Balaban J connectivity index is 1.46. The van der Waals surface area contributed by atoms with Crippen LogP contribution >= 0.6 is 11.8 Å². The molecule has 0 aliphatic rings. The summed E-state index contributed by atoms with van der Waals surface area (Å²) in [6.45, 7) is 4.48. The van der Waals surface area contributed by atoms with Gasteiger partial charge in [0.1, 0.15) is 5.75 Å². The molecule has 0 saturated carbocycles. The third kappa shape index (κ3) is 6.70. The maximum absolute atomic E-state index is 12.5. The van der Waals surface area contributed by atoms with E-state index in [9.17, 15) is 4.79 Å². The summed E-state index contributed by atoms with van der Waals surface area (Å²) >= 11 is 1.30. The van der Waals surface area contributed by atoms with Crippen LogP contribution in [-0.4, -0.2) is 39.2 Å². The van der Waals surface area contributed by atoms with Crippen molar-refractivity contribution in [3.8, 4) is 22.8 Å². The van der Waals surface area contributed by atoms with E-state index in [4.69, 9.17) is 4.74 Å². The molecule has 182 valence electrons. The molecule has 4 rings (SSSR count). The van der Waals surface area contributed by atoms with E-state index in [1.807, 2.05) is 109 Å². The van der Waals surface area contributed by atoms with E-state index in [-0.39, 0.29) is 11.7 Å². The Hall–Kier alpha value is -4.17. The molecule has 8 heteroatoms. The largest absolute Gasteiger partial charge is 0.494 e. The van der Waals surface area contributed by atoms with Gasteiger partial charge in [-0.15, -0.1) is 10.2 Å². The van der Waals surface area contributed by atoms with Gasteiger partial charge in [-0.2, -0.15) is 5.10 Å². The van der Waals surface area contributed by atoms with Crippen LogP contribution in [0.2, 0.25) is 0 Å². The first-order valence-electron chi connectivity index (χ1n) is 11.6. The van der Waals surface area contributed by atoms with Crippen LogP contribution in [0.25, 0.3) is 23.2 Å². The fourth-order valence-electron chi connectivity index (χ4n) is 3.45. The highest BCUT2D eigenvalue weighted by atomic mass is 32.2. The topological polar surface area (TPSA) is 81.4 Å². The standard InChI is InChI=1S/C28H27N5O2S/c1-3-35-25-16-14-24(15-17-25)33-27(23-12-8-5-9-13-23)31-32-28(33)36-20-26(34)30-29-19-21(2)18-22-10-6-4-7-11-22/h4-19H,3,20H2,1-2H3,(H,30,34). The van der Waals surface area contributed by atoms with Crippen molar-refractivity contribution >= 4 is 30.0 Å². The van der Waals surface area contributed by atoms with Crippen LogP contribution in [0.5, 0.6) is 5.75 Å². The Morgan fingerprint density at radius 2 is 1.69 bits per heavy atom. The van der Waals surface area contributed by atoms with Crippen molar-refractivity contribution in [1.29, 1.82) is 0 Å². The average Bonchev–Trinajstić information content (AvgIpc) is 3.33. The number of amides is 1. The highest BCUT2D eigenvalue weighted by Gasteiger charge is 2.17. The second-order valence-corrected chi connectivity index (χ2v) is 8.76. The molecule has 36 heavy (non-hydrogen) atoms. The Bertz CT molecular complexity index is 1330. The Morgan fingerprint density at radius 1 is 1.00 bits per heavy atom. The molecule has 0 radical (unpaired) electrons. The summed E-state index contributed by atoms with van der Waals surface area (Å²) in [4.78, 5) is 12.5. The number of hydrogen-bond donors (Lipinski definition) is 1. The summed E-state index contributed by atoms with van der Waals surface area (Å²) < 4.78 is 7.52. The van der Waals surface area contributed by atoms with Crippen LogP contribution in [0, 0.1) is 0 Å². The first-order chi connectivity index (χ1) is 17.6. The number of rotatable bonds is 10. The molecule has 0 spiro atoms. The van der Waals surface area contributed by atoms with E-state index in [0.29, 0.717) is 17.6 Å². The number of aromatic nitrogens is 3. The molecule has 0 aliphatic heterocycles. The minimum absolute atomic E-state index is 0.142. The van der Waals surface area contributed by atoms with Crippen molar-refractivity contribution in [3.05, 3.63) is 96.1 Å². The minimum Gasteiger partial charge on any atom is -0.494 e. The van der Waals surface area contributed by atoms with E-state index in [1.54, 1.807) is 6.21 Å². The number of nitrogens with one attached hydrogen (secondary N) is 1. The molecule has 4 aromatic rings. The zero-order chi connectivity index (χ0) is 25.2. The fraction of sp³-hybridized carbons (Fsp3) is 0.143. The Kier molecular flexibility index (Phi) is 8.67. The molecule has 1 heterocycles. The number of nitrogens with zero attached hydrogens (tertiary/aromatic N) is 4. The SMILES string of the molecule is CCOc1ccc(-n2c(SCC(=O)NN=CC(C)=Cc3ccccc3)nnc2-c2ccccc2)cc1. The van der Waals surface area contributed by atoms with Crippen molar-refractivity contribution in [2.75, 3.05) is 12.4 Å². The predicted molar refractivity (Wildman–Crippen MR) is 145 cm³/mol. The van der Waals surface area contributed by atoms with Gasteiger partial charge in [-0.3, -0.25) is 9.36 Å². The van der Waals surface area contributed by atoms with E-state index in [1.165, 1.54) is 11.8 Å². The predicted octanol–water partition coefficient (Wildman–Crippen LogP) is 5.63. The van der Waals surface area contributed by atoms with E-state index >= 15 is 0 Å². The van der Waals surface area contributed by atoms with Gasteiger partial charge in [0, 0.05) is 11.3 Å². The molecule has 1 aromatic heterocycles. The lowest BCUT2D eigenvalue weighted by atomic mass is 10.1. The first kappa shape index (κ1) is 24.9. The second-order valence-electron chi connectivity index (χ2n) is 7.82. The zero-order valence-electron chi connectivity index (χ0n) is 20.2. The first-order valence-corrected chi connectivity index (χ1v) is 12.5. The van der Waals surface area contributed by atoms with Crippen LogP contribution in [-0.2, 0) is 4.79 Å². The number of carbonyl (C=O) groups is 1. The van der Waals surface area contributed by atoms with Gasteiger partial charge in [-0.05, 0) is 49.2 Å². The molecule has 1 N–H and O–H groups in total. The third-order valence-electron chi connectivity index (χ3n) is 5.05.